The molecular formula is C43H42N4O2. The summed E-state index contributed by atoms with van der Waals surface area (Å²) in [6.45, 7) is -0.303. The molecule has 2 saturated carbocycles. The number of benzene rings is 4. The largest absolute Gasteiger partial charge is 0.395 e. The Morgan fingerprint density at radius 2 is 1.20 bits per heavy atom. The van der Waals surface area contributed by atoms with E-state index in [2.05, 4.69) is 52.5 Å². The van der Waals surface area contributed by atoms with Crippen molar-refractivity contribution in [2.24, 2.45) is 11.8 Å². The molecule has 0 saturated heterocycles. The Hall–Kier alpha value is -5.07. The highest BCUT2D eigenvalue weighted by Gasteiger charge is 2.26. The van der Waals surface area contributed by atoms with Gasteiger partial charge >= 0.3 is 0 Å². The molecule has 2 aromatic heterocycles. The van der Waals surface area contributed by atoms with Crippen molar-refractivity contribution in [2.75, 3.05) is 6.61 Å². The van der Waals surface area contributed by atoms with E-state index < -0.39 is 5.92 Å². The molecular weight excluding hydrogens is 604 g/mol. The molecule has 0 radical (unpaired) electrons. The lowest BCUT2D eigenvalue weighted by atomic mass is 9.84. The van der Waals surface area contributed by atoms with Gasteiger partial charge in [0.15, 0.2) is 5.78 Å². The van der Waals surface area contributed by atoms with Crippen LogP contribution in [0.25, 0.3) is 56.5 Å². The third-order valence-electron chi connectivity index (χ3n) is 10.5. The highest BCUT2D eigenvalue weighted by Crippen LogP contribution is 2.36. The predicted molar refractivity (Wildman–Crippen MR) is 199 cm³/mol. The monoisotopic (exact) mass is 646 g/mol. The van der Waals surface area contributed by atoms with Crippen LogP contribution in [0.15, 0.2) is 97.1 Å². The summed E-state index contributed by atoms with van der Waals surface area (Å²) in [6.07, 6.45) is 19.0. The summed E-state index contributed by atoms with van der Waals surface area (Å²) < 4.78 is 0. The van der Waals surface area contributed by atoms with Crippen LogP contribution in [0.3, 0.4) is 0 Å². The molecule has 2 fully saturated rings. The zero-order valence-corrected chi connectivity index (χ0v) is 27.7. The minimum atomic E-state index is -0.733. The summed E-state index contributed by atoms with van der Waals surface area (Å²) in [5.74, 6) is 2.15. The number of rotatable bonds is 10. The lowest BCUT2D eigenvalue weighted by Gasteiger charge is -2.20. The molecule has 0 amide bonds. The molecule has 3 N–H and O–H groups in total. The molecule has 1 atom stereocenters. The van der Waals surface area contributed by atoms with Crippen molar-refractivity contribution in [1.82, 2.24) is 19.9 Å². The van der Waals surface area contributed by atoms with Crippen LogP contribution in [0.4, 0.5) is 0 Å². The Kier molecular flexibility index (Phi) is 8.80. The number of H-pyrrole nitrogens is 2. The molecule has 4 aromatic carbocycles. The summed E-state index contributed by atoms with van der Waals surface area (Å²) in [5, 5.41) is 10.8. The van der Waals surface area contributed by atoms with Gasteiger partial charge in [0, 0.05) is 5.56 Å². The maximum absolute atomic E-state index is 14.4. The Labute approximate surface area is 287 Å². The maximum Gasteiger partial charge on any atom is 0.173 e. The van der Waals surface area contributed by atoms with Crippen LogP contribution in [0.2, 0.25) is 0 Å². The number of aliphatic hydroxyl groups is 1. The SMILES string of the molecule is O=C(c1ccccc1-c1ccc2nc(C=CC3CCCC3)[nH]c2c1)C(CO)c1ccccc1-c1ccc2nc(C=CC3CCCC3)[nH]c2c1. The Bertz CT molecular complexity index is 2180. The number of aromatic amines is 2. The quantitative estimate of drug-likeness (QED) is 0.129. The fraction of sp³-hybridized carbons (Fsp3) is 0.279. The zero-order valence-electron chi connectivity index (χ0n) is 27.7. The smallest absolute Gasteiger partial charge is 0.173 e. The van der Waals surface area contributed by atoms with Crippen LogP contribution in [-0.2, 0) is 0 Å². The molecule has 0 spiro atoms. The number of allylic oxidation sites excluding steroid dienone is 2. The Balaban J connectivity index is 1.08. The van der Waals surface area contributed by atoms with Gasteiger partial charge in [-0.2, -0.15) is 0 Å². The zero-order chi connectivity index (χ0) is 33.2. The number of aromatic nitrogens is 4. The van der Waals surface area contributed by atoms with Crippen molar-refractivity contribution < 1.29 is 9.90 Å². The van der Waals surface area contributed by atoms with Gasteiger partial charge in [-0.1, -0.05) is 98.5 Å². The molecule has 6 heteroatoms. The lowest BCUT2D eigenvalue weighted by molar-refractivity contribution is 0.0923. The van der Waals surface area contributed by atoms with E-state index in [1.54, 1.807) is 0 Å². The summed E-state index contributed by atoms with van der Waals surface area (Å²) in [7, 11) is 0. The number of nitrogens with one attached hydrogen (secondary N) is 2. The van der Waals surface area contributed by atoms with Crippen molar-refractivity contribution in [1.29, 1.82) is 0 Å². The van der Waals surface area contributed by atoms with Crippen molar-refractivity contribution in [2.45, 2.75) is 57.3 Å². The third-order valence-corrected chi connectivity index (χ3v) is 10.5. The first-order chi connectivity index (χ1) is 24.1. The van der Waals surface area contributed by atoms with Gasteiger partial charge < -0.3 is 15.1 Å². The van der Waals surface area contributed by atoms with Crippen LogP contribution >= 0.6 is 0 Å². The number of aliphatic hydroxyl groups excluding tert-OH is 1. The molecule has 6 nitrogen and oxygen atoms in total. The van der Waals surface area contributed by atoms with Gasteiger partial charge in [0.2, 0.25) is 0 Å². The lowest BCUT2D eigenvalue weighted by Crippen LogP contribution is -2.18. The fourth-order valence-corrected chi connectivity index (χ4v) is 7.83. The summed E-state index contributed by atoms with van der Waals surface area (Å²) >= 11 is 0. The van der Waals surface area contributed by atoms with E-state index in [0.29, 0.717) is 17.4 Å². The second kappa shape index (κ2) is 13.8. The Morgan fingerprint density at radius 3 is 1.78 bits per heavy atom. The minimum Gasteiger partial charge on any atom is -0.395 e. The van der Waals surface area contributed by atoms with Gasteiger partial charge in [-0.25, -0.2) is 9.97 Å². The van der Waals surface area contributed by atoms with Crippen LogP contribution in [0.5, 0.6) is 0 Å². The molecule has 1 unspecified atom stereocenters. The third kappa shape index (κ3) is 6.53. The number of ketones is 1. The number of carbonyl (C=O) groups excluding carboxylic acids is 1. The average Bonchev–Trinajstić information content (AvgIpc) is 3.97. The highest BCUT2D eigenvalue weighted by atomic mass is 16.3. The van der Waals surface area contributed by atoms with E-state index in [9.17, 15) is 9.90 Å². The van der Waals surface area contributed by atoms with Gasteiger partial charge in [-0.3, -0.25) is 4.79 Å². The maximum atomic E-state index is 14.4. The van der Waals surface area contributed by atoms with Crippen molar-refractivity contribution in [3.8, 4) is 22.3 Å². The second-order valence-electron chi connectivity index (χ2n) is 13.7. The van der Waals surface area contributed by atoms with Gasteiger partial charge in [0.05, 0.1) is 34.6 Å². The molecule has 0 bridgehead atoms. The van der Waals surface area contributed by atoms with Gasteiger partial charge in [0.25, 0.3) is 0 Å². The van der Waals surface area contributed by atoms with E-state index >= 15 is 0 Å². The van der Waals surface area contributed by atoms with E-state index in [1.807, 2.05) is 66.7 Å². The summed E-state index contributed by atoms with van der Waals surface area (Å²) in [4.78, 5) is 30.9. The average molecular weight is 647 g/mol. The van der Waals surface area contributed by atoms with Crippen LogP contribution in [0.1, 0.15) is 84.9 Å². The molecule has 8 rings (SSSR count). The van der Waals surface area contributed by atoms with Crippen molar-refractivity contribution in [3.63, 3.8) is 0 Å². The normalized spacial score (nSPS) is 16.6. The molecule has 2 aliphatic carbocycles. The topological polar surface area (TPSA) is 94.7 Å². The first-order valence-electron chi connectivity index (χ1n) is 17.8. The number of nitrogens with zero attached hydrogens (tertiary/aromatic N) is 2. The number of hydrogen-bond donors (Lipinski definition) is 3. The molecule has 246 valence electrons. The molecule has 49 heavy (non-hydrogen) atoms. The first kappa shape index (κ1) is 31.2. The van der Waals surface area contributed by atoms with Crippen molar-refractivity contribution in [3.05, 3.63) is 120 Å². The number of carbonyl (C=O) groups is 1. The van der Waals surface area contributed by atoms with Crippen LogP contribution in [0, 0.1) is 11.8 Å². The van der Waals surface area contributed by atoms with Crippen LogP contribution in [-0.4, -0.2) is 37.4 Å². The van der Waals surface area contributed by atoms with E-state index in [1.165, 1.54) is 51.4 Å². The van der Waals surface area contributed by atoms with Gasteiger partial charge in [0.1, 0.15) is 11.6 Å². The fourth-order valence-electron chi connectivity index (χ4n) is 7.83. The summed E-state index contributed by atoms with van der Waals surface area (Å²) in [6, 6.07) is 27.9. The highest BCUT2D eigenvalue weighted by molar-refractivity contribution is 6.07. The molecule has 0 aliphatic heterocycles. The number of hydrogen-bond acceptors (Lipinski definition) is 4. The van der Waals surface area contributed by atoms with E-state index in [0.717, 1.165) is 61.5 Å². The van der Waals surface area contributed by atoms with Crippen molar-refractivity contribution >= 4 is 40.0 Å². The number of fused-ring (bicyclic) bond motifs is 2. The van der Waals surface area contributed by atoms with E-state index in [-0.39, 0.29) is 12.4 Å². The number of imidazole rings is 2. The van der Waals surface area contributed by atoms with Gasteiger partial charge in [-0.15, -0.1) is 0 Å². The number of Topliss-reactive ketones (excluding diaryl/α,β-unsaturated/α-hetero) is 1. The van der Waals surface area contributed by atoms with E-state index in [4.69, 9.17) is 9.97 Å². The predicted octanol–water partition coefficient (Wildman–Crippen LogP) is 10.1. The Morgan fingerprint density at radius 1 is 0.694 bits per heavy atom. The second-order valence-corrected chi connectivity index (χ2v) is 13.7. The minimum absolute atomic E-state index is 0.114. The van der Waals surface area contributed by atoms with Gasteiger partial charge in [-0.05, 0) is 102 Å². The standard InChI is InChI=1S/C43H42N4O2/c48-27-36(34-15-7-5-13-32(34)30-19-21-37-39(25-30)46-41(44-37)23-17-28-9-1-2-10-28)43(49)35-16-8-6-14-33(35)31-20-22-38-40(26-31)47-42(45-38)24-18-29-11-3-4-12-29/h5-8,13-26,28-29,36,48H,1-4,9-12,27H2,(H,44,46)(H,45,47). The molecule has 6 aromatic rings. The molecule has 2 heterocycles. The first-order valence-corrected chi connectivity index (χ1v) is 17.8. The molecule has 2 aliphatic rings. The van der Waals surface area contributed by atoms with Crippen LogP contribution < -0.4 is 0 Å². The summed E-state index contributed by atoms with van der Waals surface area (Å²) in [5.41, 5.74) is 8.72.